The molecule has 1 atom stereocenters. The van der Waals surface area contributed by atoms with Gasteiger partial charge in [-0.15, -0.1) is 0 Å². The van der Waals surface area contributed by atoms with Gasteiger partial charge in [0, 0.05) is 18.7 Å². The standard InChI is InChI=1S/C13H19N3O3/c1-4-10(14)13(18)16-9-5-6-11(15-8(2)17)12(7-9)19-3/h5-7,10H,4,14H2,1-3H3,(H,15,17)(H,16,18)/t10-/m0/s1. The minimum atomic E-state index is -0.541. The third-order valence-electron chi connectivity index (χ3n) is 2.56. The molecule has 0 radical (unpaired) electrons. The lowest BCUT2D eigenvalue weighted by molar-refractivity contribution is -0.117. The fourth-order valence-corrected chi connectivity index (χ4v) is 1.48. The van der Waals surface area contributed by atoms with Crippen LogP contribution in [-0.4, -0.2) is 25.0 Å². The molecule has 4 N–H and O–H groups in total. The second-order valence-electron chi connectivity index (χ2n) is 4.10. The Bertz CT molecular complexity index is 474. The lowest BCUT2D eigenvalue weighted by Gasteiger charge is -2.13. The number of ether oxygens (including phenoxy) is 1. The Balaban J connectivity index is 2.87. The van der Waals surface area contributed by atoms with Crippen LogP contribution < -0.4 is 21.1 Å². The first kappa shape index (κ1) is 15.0. The van der Waals surface area contributed by atoms with Gasteiger partial charge in [0.25, 0.3) is 0 Å². The number of nitrogens with one attached hydrogen (secondary N) is 2. The molecule has 104 valence electrons. The van der Waals surface area contributed by atoms with E-state index in [-0.39, 0.29) is 11.8 Å². The Hall–Kier alpha value is -2.08. The summed E-state index contributed by atoms with van der Waals surface area (Å²) in [6.45, 7) is 3.25. The van der Waals surface area contributed by atoms with Gasteiger partial charge in [-0.25, -0.2) is 0 Å². The number of carbonyl (C=O) groups is 2. The summed E-state index contributed by atoms with van der Waals surface area (Å²) < 4.78 is 5.16. The fraction of sp³-hybridized carbons (Fsp3) is 0.385. The molecular weight excluding hydrogens is 246 g/mol. The molecule has 0 bridgehead atoms. The molecule has 0 aliphatic heterocycles. The van der Waals surface area contributed by atoms with E-state index >= 15 is 0 Å². The van der Waals surface area contributed by atoms with Crippen molar-refractivity contribution in [3.8, 4) is 5.75 Å². The first-order chi connectivity index (χ1) is 8.97. The normalized spacial score (nSPS) is 11.6. The summed E-state index contributed by atoms with van der Waals surface area (Å²) in [5.74, 6) is 0.0259. The second-order valence-corrected chi connectivity index (χ2v) is 4.10. The summed E-state index contributed by atoms with van der Waals surface area (Å²) in [4.78, 5) is 22.7. The SMILES string of the molecule is CC[C@H](N)C(=O)Nc1ccc(NC(C)=O)c(OC)c1. The number of amides is 2. The molecule has 0 saturated carbocycles. The van der Waals surface area contributed by atoms with Gasteiger partial charge in [-0.3, -0.25) is 9.59 Å². The topological polar surface area (TPSA) is 93.5 Å². The van der Waals surface area contributed by atoms with Crippen molar-refractivity contribution in [1.29, 1.82) is 0 Å². The first-order valence-corrected chi connectivity index (χ1v) is 6.00. The van der Waals surface area contributed by atoms with E-state index in [0.717, 1.165) is 0 Å². The van der Waals surface area contributed by atoms with Gasteiger partial charge in [0.15, 0.2) is 0 Å². The van der Waals surface area contributed by atoms with Gasteiger partial charge in [-0.05, 0) is 18.6 Å². The van der Waals surface area contributed by atoms with Crippen LogP contribution in [0.3, 0.4) is 0 Å². The Morgan fingerprint density at radius 2 is 2.05 bits per heavy atom. The van der Waals surface area contributed by atoms with Gasteiger partial charge >= 0.3 is 0 Å². The van der Waals surface area contributed by atoms with Crippen LogP contribution in [0.15, 0.2) is 18.2 Å². The zero-order valence-corrected chi connectivity index (χ0v) is 11.3. The third-order valence-corrected chi connectivity index (χ3v) is 2.56. The number of hydrogen-bond acceptors (Lipinski definition) is 4. The highest BCUT2D eigenvalue weighted by atomic mass is 16.5. The average Bonchev–Trinajstić information content (AvgIpc) is 2.38. The molecule has 6 nitrogen and oxygen atoms in total. The number of nitrogens with two attached hydrogens (primary N) is 1. The van der Waals surface area contributed by atoms with Crippen molar-refractivity contribution >= 4 is 23.2 Å². The molecular formula is C13H19N3O3. The summed E-state index contributed by atoms with van der Waals surface area (Å²) in [5, 5.41) is 5.33. The molecule has 2 amide bonds. The number of carbonyl (C=O) groups excluding carboxylic acids is 2. The van der Waals surface area contributed by atoms with Crippen LogP contribution >= 0.6 is 0 Å². The van der Waals surface area contributed by atoms with E-state index in [1.54, 1.807) is 18.2 Å². The molecule has 1 rings (SSSR count). The van der Waals surface area contributed by atoms with Crippen LogP contribution in [0, 0.1) is 0 Å². The molecule has 0 unspecified atom stereocenters. The van der Waals surface area contributed by atoms with Gasteiger partial charge in [0.1, 0.15) is 5.75 Å². The third kappa shape index (κ3) is 4.26. The molecule has 0 aromatic heterocycles. The number of methoxy groups -OCH3 is 1. The molecule has 1 aromatic rings. The van der Waals surface area contributed by atoms with Crippen LogP contribution in [-0.2, 0) is 9.59 Å². The predicted molar refractivity (Wildman–Crippen MR) is 74.2 cm³/mol. The van der Waals surface area contributed by atoms with E-state index in [4.69, 9.17) is 10.5 Å². The number of rotatable bonds is 5. The number of hydrogen-bond donors (Lipinski definition) is 3. The second kappa shape index (κ2) is 6.75. The van der Waals surface area contributed by atoms with Gasteiger partial charge < -0.3 is 21.1 Å². The van der Waals surface area contributed by atoms with Crippen molar-refractivity contribution in [2.45, 2.75) is 26.3 Å². The smallest absolute Gasteiger partial charge is 0.241 e. The average molecular weight is 265 g/mol. The van der Waals surface area contributed by atoms with E-state index < -0.39 is 6.04 Å². The Morgan fingerprint density at radius 3 is 2.58 bits per heavy atom. The molecule has 0 fully saturated rings. The predicted octanol–water partition coefficient (Wildman–Crippen LogP) is 1.33. The Labute approximate surface area is 112 Å². The van der Waals surface area contributed by atoms with Crippen molar-refractivity contribution in [2.24, 2.45) is 5.73 Å². The quantitative estimate of drug-likeness (QED) is 0.748. The fourth-order valence-electron chi connectivity index (χ4n) is 1.48. The molecule has 0 aliphatic rings. The number of benzene rings is 1. The maximum absolute atomic E-state index is 11.7. The molecule has 1 aromatic carbocycles. The minimum absolute atomic E-state index is 0.192. The molecule has 19 heavy (non-hydrogen) atoms. The zero-order valence-electron chi connectivity index (χ0n) is 11.3. The maximum Gasteiger partial charge on any atom is 0.241 e. The summed E-state index contributed by atoms with van der Waals surface area (Å²) in [5.41, 5.74) is 6.75. The van der Waals surface area contributed by atoms with Crippen LogP contribution in [0.2, 0.25) is 0 Å². The molecule has 0 aliphatic carbocycles. The summed E-state index contributed by atoms with van der Waals surface area (Å²) in [7, 11) is 1.49. The molecule has 0 spiro atoms. The van der Waals surface area contributed by atoms with Crippen LogP contribution in [0.5, 0.6) is 5.75 Å². The van der Waals surface area contributed by atoms with E-state index in [9.17, 15) is 9.59 Å². The van der Waals surface area contributed by atoms with Crippen molar-refractivity contribution in [3.05, 3.63) is 18.2 Å². The highest BCUT2D eigenvalue weighted by molar-refractivity contribution is 5.96. The highest BCUT2D eigenvalue weighted by Crippen LogP contribution is 2.27. The molecule has 6 heteroatoms. The van der Waals surface area contributed by atoms with Crippen LogP contribution in [0.4, 0.5) is 11.4 Å². The van der Waals surface area contributed by atoms with Gasteiger partial charge in [-0.2, -0.15) is 0 Å². The Kier molecular flexibility index (Phi) is 5.32. The van der Waals surface area contributed by atoms with E-state index in [0.29, 0.717) is 23.5 Å². The Morgan fingerprint density at radius 1 is 1.37 bits per heavy atom. The van der Waals surface area contributed by atoms with Crippen molar-refractivity contribution in [3.63, 3.8) is 0 Å². The van der Waals surface area contributed by atoms with E-state index in [1.165, 1.54) is 14.0 Å². The zero-order chi connectivity index (χ0) is 14.4. The number of anilines is 2. The first-order valence-electron chi connectivity index (χ1n) is 6.00. The minimum Gasteiger partial charge on any atom is -0.494 e. The largest absolute Gasteiger partial charge is 0.494 e. The lowest BCUT2D eigenvalue weighted by atomic mass is 10.2. The summed E-state index contributed by atoms with van der Waals surface area (Å²) in [6.07, 6.45) is 0.562. The molecule has 0 saturated heterocycles. The van der Waals surface area contributed by atoms with E-state index in [1.807, 2.05) is 6.92 Å². The van der Waals surface area contributed by atoms with Gasteiger partial charge in [0.2, 0.25) is 11.8 Å². The summed E-state index contributed by atoms with van der Waals surface area (Å²) >= 11 is 0. The van der Waals surface area contributed by atoms with Gasteiger partial charge in [-0.1, -0.05) is 6.92 Å². The molecule has 0 heterocycles. The monoisotopic (exact) mass is 265 g/mol. The summed E-state index contributed by atoms with van der Waals surface area (Å²) in [6, 6.07) is 4.42. The van der Waals surface area contributed by atoms with Crippen LogP contribution in [0.1, 0.15) is 20.3 Å². The lowest BCUT2D eigenvalue weighted by Crippen LogP contribution is -2.34. The van der Waals surface area contributed by atoms with Crippen LogP contribution in [0.25, 0.3) is 0 Å². The van der Waals surface area contributed by atoms with Gasteiger partial charge in [0.05, 0.1) is 18.8 Å². The highest BCUT2D eigenvalue weighted by Gasteiger charge is 2.12. The van der Waals surface area contributed by atoms with Crippen molar-refractivity contribution < 1.29 is 14.3 Å². The van der Waals surface area contributed by atoms with E-state index in [2.05, 4.69) is 10.6 Å². The van der Waals surface area contributed by atoms with Crippen molar-refractivity contribution in [2.75, 3.05) is 17.7 Å². The van der Waals surface area contributed by atoms with Crippen molar-refractivity contribution in [1.82, 2.24) is 0 Å². The maximum atomic E-state index is 11.7.